The molecule has 0 aliphatic heterocycles. The molecule has 0 radical (unpaired) electrons. The van der Waals surface area contributed by atoms with Gasteiger partial charge in [0.25, 0.3) is 0 Å². The van der Waals surface area contributed by atoms with E-state index in [9.17, 15) is 13.6 Å². The summed E-state index contributed by atoms with van der Waals surface area (Å²) in [5, 5.41) is 6.86. The molecule has 0 aliphatic rings. The van der Waals surface area contributed by atoms with Crippen LogP contribution in [0.3, 0.4) is 0 Å². The molecule has 0 saturated carbocycles. The first kappa shape index (κ1) is 9.68. The van der Waals surface area contributed by atoms with Gasteiger partial charge in [-0.25, -0.2) is 8.78 Å². The van der Waals surface area contributed by atoms with Crippen molar-refractivity contribution in [1.82, 2.24) is 0 Å². The Bertz CT molecular complexity index is 132. The van der Waals surface area contributed by atoms with E-state index in [0.29, 0.717) is 6.92 Å². The molecule has 0 amide bonds. The number of carboxylic acids is 1. The molecule has 0 fully saturated rings. The van der Waals surface area contributed by atoms with Gasteiger partial charge in [0.15, 0.2) is 0 Å². The number of aliphatic carboxylic acids is 1. The van der Waals surface area contributed by atoms with Gasteiger partial charge in [-0.1, -0.05) is 0 Å². The topological polar surface area (TPSA) is 37.3 Å². The summed E-state index contributed by atoms with van der Waals surface area (Å²) in [5.41, 5.74) is 0. The Morgan fingerprint density at radius 3 is 2.30 bits per heavy atom. The lowest BCUT2D eigenvalue weighted by molar-refractivity contribution is -0.138. The van der Waals surface area contributed by atoms with Crippen LogP contribution in [0.1, 0.15) is 13.3 Å². The van der Waals surface area contributed by atoms with Crippen molar-refractivity contribution in [3.8, 4) is 0 Å². The van der Waals surface area contributed by atoms with Crippen molar-refractivity contribution in [2.24, 2.45) is 0 Å². The highest BCUT2D eigenvalue weighted by Gasteiger charge is 2.28. The lowest BCUT2D eigenvalue weighted by Gasteiger charge is -2.11. The lowest BCUT2D eigenvalue weighted by atomic mass is 10.2. The fourth-order valence-electron chi connectivity index (χ4n) is 0.427. The van der Waals surface area contributed by atoms with Crippen LogP contribution < -0.4 is 0 Å². The van der Waals surface area contributed by atoms with Crippen molar-refractivity contribution in [2.45, 2.75) is 24.5 Å². The molecular formula is C5H8F2O2S. The second-order valence-corrected chi connectivity index (χ2v) is 2.75. The van der Waals surface area contributed by atoms with Gasteiger partial charge in [0.1, 0.15) is 5.25 Å². The number of hydrogen-bond acceptors (Lipinski definition) is 2. The maximum atomic E-state index is 12.0. The number of carboxylic acid groups (broad SMARTS) is 1. The van der Waals surface area contributed by atoms with Crippen molar-refractivity contribution in [2.75, 3.05) is 0 Å². The van der Waals surface area contributed by atoms with Crippen LogP contribution in [-0.2, 0) is 4.79 Å². The van der Waals surface area contributed by atoms with E-state index in [-0.39, 0.29) is 0 Å². The molecule has 0 aliphatic carbocycles. The van der Waals surface area contributed by atoms with Gasteiger partial charge in [-0.2, -0.15) is 12.6 Å². The molecule has 1 unspecified atom stereocenters. The minimum atomic E-state index is -2.95. The first-order chi connectivity index (χ1) is 4.33. The Morgan fingerprint density at radius 2 is 2.20 bits per heavy atom. The van der Waals surface area contributed by atoms with Crippen LogP contribution in [0.2, 0.25) is 0 Å². The standard InChI is InChI=1S/C5H8F2O2S/c1-5(6,7)2-3(10)4(8)9/h3,10H,2H2,1H3,(H,8,9). The summed E-state index contributed by atoms with van der Waals surface area (Å²) in [6.07, 6.45) is -0.731. The minimum absolute atomic E-state index is 0.666. The number of thiol groups is 1. The summed E-state index contributed by atoms with van der Waals surface area (Å²) in [6, 6.07) is 0. The summed E-state index contributed by atoms with van der Waals surface area (Å²) in [7, 11) is 0. The quantitative estimate of drug-likeness (QED) is 0.628. The fourth-order valence-corrected chi connectivity index (χ4v) is 0.747. The van der Waals surface area contributed by atoms with Gasteiger partial charge in [-0.05, 0) is 6.92 Å². The molecule has 60 valence electrons. The predicted octanol–water partition coefficient (Wildman–Crippen LogP) is 1.41. The largest absolute Gasteiger partial charge is 0.480 e. The average molecular weight is 170 g/mol. The molecule has 1 N–H and O–H groups in total. The van der Waals surface area contributed by atoms with E-state index < -0.39 is 23.6 Å². The summed E-state index contributed by atoms with van der Waals surface area (Å²) in [6.45, 7) is 0.666. The van der Waals surface area contributed by atoms with Crippen molar-refractivity contribution < 1.29 is 18.7 Å². The number of carbonyl (C=O) groups is 1. The van der Waals surface area contributed by atoms with Gasteiger partial charge in [0, 0.05) is 6.42 Å². The monoisotopic (exact) mass is 170 g/mol. The first-order valence-electron chi connectivity index (χ1n) is 2.61. The summed E-state index contributed by atoms with van der Waals surface area (Å²) in [5.74, 6) is -4.27. The third kappa shape index (κ3) is 4.55. The highest BCUT2D eigenvalue weighted by Crippen LogP contribution is 2.21. The highest BCUT2D eigenvalue weighted by molar-refractivity contribution is 7.81. The maximum Gasteiger partial charge on any atom is 0.316 e. The third-order valence-electron chi connectivity index (χ3n) is 0.837. The van der Waals surface area contributed by atoms with Gasteiger partial charge < -0.3 is 5.11 Å². The summed E-state index contributed by atoms with van der Waals surface area (Å²) in [4.78, 5) is 9.97. The van der Waals surface area contributed by atoms with E-state index in [2.05, 4.69) is 12.6 Å². The number of halogens is 2. The van der Waals surface area contributed by atoms with Crippen LogP contribution >= 0.6 is 12.6 Å². The first-order valence-corrected chi connectivity index (χ1v) is 3.13. The van der Waals surface area contributed by atoms with E-state index >= 15 is 0 Å². The molecule has 0 aromatic carbocycles. The molecule has 0 saturated heterocycles. The molecule has 0 aromatic heterocycles. The molecule has 0 aromatic rings. The molecule has 1 atom stereocenters. The molecule has 0 spiro atoms. The van der Waals surface area contributed by atoms with E-state index in [4.69, 9.17) is 5.11 Å². The lowest BCUT2D eigenvalue weighted by Crippen LogP contribution is -2.23. The Balaban J connectivity index is 3.80. The summed E-state index contributed by atoms with van der Waals surface area (Å²) >= 11 is 3.44. The van der Waals surface area contributed by atoms with Crippen LogP contribution in [0.15, 0.2) is 0 Å². The number of alkyl halides is 2. The van der Waals surface area contributed by atoms with E-state index in [1.165, 1.54) is 0 Å². The van der Waals surface area contributed by atoms with E-state index in [1.54, 1.807) is 0 Å². The zero-order valence-electron chi connectivity index (χ0n) is 5.34. The highest BCUT2D eigenvalue weighted by atomic mass is 32.1. The van der Waals surface area contributed by atoms with Gasteiger partial charge in [-0.3, -0.25) is 4.79 Å². The van der Waals surface area contributed by atoms with Crippen molar-refractivity contribution in [3.63, 3.8) is 0 Å². The van der Waals surface area contributed by atoms with Crippen molar-refractivity contribution in [3.05, 3.63) is 0 Å². The molecule has 5 heteroatoms. The fraction of sp³-hybridized carbons (Fsp3) is 0.800. The van der Waals surface area contributed by atoms with E-state index in [1.807, 2.05) is 0 Å². The molecule has 0 heterocycles. The van der Waals surface area contributed by atoms with Gasteiger partial charge >= 0.3 is 5.97 Å². The van der Waals surface area contributed by atoms with Crippen LogP contribution in [0, 0.1) is 0 Å². The predicted molar refractivity (Wildman–Crippen MR) is 35.6 cm³/mol. The van der Waals surface area contributed by atoms with Crippen LogP contribution in [0.4, 0.5) is 8.78 Å². The normalized spacial score (nSPS) is 14.8. The molecule has 2 nitrogen and oxygen atoms in total. The third-order valence-corrected chi connectivity index (χ3v) is 1.24. The SMILES string of the molecule is CC(F)(F)CC(S)C(=O)O. The van der Waals surface area contributed by atoms with Gasteiger partial charge in [0.2, 0.25) is 5.92 Å². The minimum Gasteiger partial charge on any atom is -0.480 e. The maximum absolute atomic E-state index is 12.0. The van der Waals surface area contributed by atoms with Crippen LogP contribution in [-0.4, -0.2) is 22.2 Å². The second-order valence-electron chi connectivity index (χ2n) is 2.13. The zero-order chi connectivity index (χ0) is 8.36. The van der Waals surface area contributed by atoms with Crippen molar-refractivity contribution in [1.29, 1.82) is 0 Å². The Labute approximate surface area is 62.6 Å². The summed E-state index contributed by atoms with van der Waals surface area (Å²) < 4.78 is 24.0. The van der Waals surface area contributed by atoms with Crippen molar-refractivity contribution >= 4 is 18.6 Å². The van der Waals surface area contributed by atoms with Crippen LogP contribution in [0.5, 0.6) is 0 Å². The molecule has 10 heavy (non-hydrogen) atoms. The van der Waals surface area contributed by atoms with Crippen LogP contribution in [0.25, 0.3) is 0 Å². The molecule has 0 bridgehead atoms. The Hall–Kier alpha value is -0.320. The van der Waals surface area contributed by atoms with Gasteiger partial charge in [0.05, 0.1) is 0 Å². The second kappa shape index (κ2) is 3.18. The number of hydrogen-bond donors (Lipinski definition) is 2. The van der Waals surface area contributed by atoms with Gasteiger partial charge in [-0.15, -0.1) is 0 Å². The molecular weight excluding hydrogens is 162 g/mol. The zero-order valence-corrected chi connectivity index (χ0v) is 6.24. The smallest absolute Gasteiger partial charge is 0.316 e. The Kier molecular flexibility index (Phi) is 3.08. The van der Waals surface area contributed by atoms with E-state index in [0.717, 1.165) is 0 Å². The molecule has 0 rings (SSSR count). The number of rotatable bonds is 3. The Morgan fingerprint density at radius 1 is 1.80 bits per heavy atom. The average Bonchev–Trinajstić information content (AvgIpc) is 1.60.